The molecule has 0 radical (unpaired) electrons. The lowest BCUT2D eigenvalue weighted by Gasteiger charge is -2.41. The van der Waals surface area contributed by atoms with Crippen molar-refractivity contribution in [2.24, 2.45) is 23.7 Å². The van der Waals surface area contributed by atoms with Crippen molar-refractivity contribution in [3.8, 4) is 0 Å². The summed E-state index contributed by atoms with van der Waals surface area (Å²) in [6.45, 7) is 19.5. The van der Waals surface area contributed by atoms with Gasteiger partial charge in [0.15, 0.2) is 14.6 Å². The highest BCUT2D eigenvalue weighted by molar-refractivity contribution is 6.74. The van der Waals surface area contributed by atoms with E-state index in [4.69, 9.17) is 13.9 Å². The van der Waals surface area contributed by atoms with Gasteiger partial charge in [-0.2, -0.15) is 0 Å². The van der Waals surface area contributed by atoms with Gasteiger partial charge in [0.25, 0.3) is 0 Å². The van der Waals surface area contributed by atoms with E-state index in [0.717, 1.165) is 57.0 Å². The first kappa shape index (κ1) is 96.6. The van der Waals surface area contributed by atoms with Gasteiger partial charge in [-0.15, -0.1) is 0 Å². The second-order valence-electron chi connectivity index (χ2n) is 36.3. The first-order valence-corrected chi connectivity index (χ1v) is 50.5. The molecule has 6 heteroatoms. The van der Waals surface area contributed by atoms with Crippen molar-refractivity contribution in [2.45, 2.75) is 573 Å². The highest BCUT2D eigenvalue weighted by Crippen LogP contribution is 2.46. The molecule has 1 N–H and O–H groups in total. The van der Waals surface area contributed by atoms with E-state index in [1.165, 1.54) is 449 Å². The summed E-state index contributed by atoms with van der Waals surface area (Å²) in [4.78, 5) is 12.8. The van der Waals surface area contributed by atoms with Crippen LogP contribution in [0.25, 0.3) is 0 Å². The Kier molecular flexibility index (Phi) is 68.1. The molecule has 0 spiro atoms. The van der Waals surface area contributed by atoms with Crippen LogP contribution in [0.1, 0.15) is 536 Å². The number of aliphatic carboxylic acids is 1. The normalized spacial score (nSPS) is 17.1. The summed E-state index contributed by atoms with van der Waals surface area (Å²) in [6, 6.07) is 0. The molecule has 1 heterocycles. The molecule has 5 nitrogen and oxygen atoms in total. The third kappa shape index (κ3) is 61.1. The zero-order valence-electron chi connectivity index (χ0n) is 70.8. The highest BCUT2D eigenvalue weighted by Gasteiger charge is 2.42. The second-order valence-corrected chi connectivity index (χ2v) is 41.0. The maximum Gasteiger partial charge on any atom is 0.309 e. The van der Waals surface area contributed by atoms with E-state index in [0.29, 0.717) is 12.0 Å². The largest absolute Gasteiger partial charge is 0.481 e. The minimum Gasteiger partial charge on any atom is -0.481 e. The molecule has 2 aliphatic rings. The molecule has 101 heavy (non-hydrogen) atoms. The van der Waals surface area contributed by atoms with Gasteiger partial charge in [0, 0.05) is 6.61 Å². The van der Waals surface area contributed by atoms with Gasteiger partial charge in [0.2, 0.25) is 0 Å². The first-order chi connectivity index (χ1) is 49.4. The summed E-state index contributed by atoms with van der Waals surface area (Å²) in [6.07, 6.45) is 107. The lowest BCUT2D eigenvalue weighted by Crippen LogP contribution is -2.47. The Bertz CT molecular complexity index is 1670. The van der Waals surface area contributed by atoms with E-state index in [2.05, 4.69) is 54.6 Å². The van der Waals surface area contributed by atoms with Crippen LogP contribution in [0.5, 0.6) is 0 Å². The van der Waals surface area contributed by atoms with Crippen LogP contribution < -0.4 is 0 Å². The molecule has 7 atom stereocenters. The number of carbonyl (C=O) groups is 1. The van der Waals surface area contributed by atoms with Crippen molar-refractivity contribution in [1.82, 2.24) is 0 Å². The average Bonchev–Trinajstić information content (AvgIpc) is 1.70. The van der Waals surface area contributed by atoms with Gasteiger partial charge in [-0.25, -0.2) is 0 Å². The molecule has 1 saturated carbocycles. The average molecular weight is 1440 g/mol. The molecule has 0 aromatic rings. The van der Waals surface area contributed by atoms with Crippen molar-refractivity contribution in [1.29, 1.82) is 0 Å². The molecule has 2 rings (SSSR count). The van der Waals surface area contributed by atoms with Crippen molar-refractivity contribution < 1.29 is 23.8 Å². The Morgan fingerprint density at radius 1 is 0.366 bits per heavy atom. The van der Waals surface area contributed by atoms with Crippen LogP contribution in [0, 0.1) is 23.7 Å². The van der Waals surface area contributed by atoms with Crippen LogP contribution in [0.15, 0.2) is 0 Å². The predicted molar refractivity (Wildman–Crippen MR) is 451 cm³/mol. The minimum absolute atomic E-state index is 0.0506. The molecular formula is C95H188O5Si. The Hall–Kier alpha value is -0.433. The van der Waals surface area contributed by atoms with Crippen LogP contribution in [0.3, 0.4) is 0 Å². The van der Waals surface area contributed by atoms with E-state index >= 15 is 0 Å². The van der Waals surface area contributed by atoms with E-state index in [1.807, 2.05) is 0 Å². The Balaban J connectivity index is 1.35. The van der Waals surface area contributed by atoms with E-state index in [9.17, 15) is 9.90 Å². The predicted octanol–water partition coefficient (Wildman–Crippen LogP) is 33.8. The molecule has 0 aromatic carbocycles. The van der Waals surface area contributed by atoms with Gasteiger partial charge in [-0.3, -0.25) is 4.79 Å². The quantitative estimate of drug-likeness (QED) is 0.0486. The Morgan fingerprint density at radius 2 is 0.624 bits per heavy atom. The third-order valence-electron chi connectivity index (χ3n) is 25.4. The second kappa shape index (κ2) is 71.2. The fourth-order valence-electron chi connectivity index (χ4n) is 17.0. The molecule has 1 unspecified atom stereocenters. The molecule has 1 aliphatic carbocycles. The molecule has 2 fully saturated rings. The minimum atomic E-state index is -2.08. The van der Waals surface area contributed by atoms with Gasteiger partial charge >= 0.3 is 5.97 Å². The first-order valence-electron chi connectivity index (χ1n) is 47.6. The van der Waals surface area contributed by atoms with Crippen LogP contribution in [-0.2, 0) is 18.7 Å². The van der Waals surface area contributed by atoms with Gasteiger partial charge in [-0.05, 0) is 87.3 Å². The van der Waals surface area contributed by atoms with Gasteiger partial charge in [0.1, 0.15) is 0 Å². The molecule has 0 bridgehead atoms. The van der Waals surface area contributed by atoms with Crippen molar-refractivity contribution in [3.05, 3.63) is 0 Å². The monoisotopic (exact) mass is 1440 g/mol. The number of carboxylic acids is 1. The summed E-state index contributed by atoms with van der Waals surface area (Å²) >= 11 is 0. The van der Waals surface area contributed by atoms with E-state index in [-0.39, 0.29) is 23.4 Å². The van der Waals surface area contributed by atoms with Gasteiger partial charge in [-0.1, -0.05) is 485 Å². The molecular weight excluding hydrogens is 1250 g/mol. The van der Waals surface area contributed by atoms with Crippen molar-refractivity contribution in [2.75, 3.05) is 6.61 Å². The standard InChI is InChI=1S/C95H188O5Si/c1-9-11-13-15-17-19-21-23-25-27-28-29-30-31-32-37-43-49-55-61-67-73-81-90(94(96)97)92(100-101(7,8)95(4,5)6)83-75-69-63-57-51-45-39-42-48-54-60-66-72-80-89-86-88(89)79-71-65-59-53-47-41-36-33-34-38-44-50-56-62-68-74-82-91(99-93-84-76-77-85-98-93)87(3)78-70-64-58-52-46-40-35-26-24-22-20-18-16-14-12-10-2/h87-93H,9-86H2,1-8H3,(H,96,97)/t87-,88-,89+,90+,91-,92+,93?/m0/s1. The molecule has 602 valence electrons. The number of hydrogen-bond donors (Lipinski definition) is 1. The summed E-state index contributed by atoms with van der Waals surface area (Å²) in [5.41, 5.74) is 0. The van der Waals surface area contributed by atoms with Gasteiger partial charge < -0.3 is 19.0 Å². The SMILES string of the molecule is CCCCCCCCCCCCCCCCCCCCCCCC[C@@H](C(=O)O)[C@@H](CCCCCCCCCCCCCCC[C@@H]1C[C@@H]1CCCCCCCCCCCCCCCCCC[C@H](OC1CCCCO1)[C@@H](C)CCCCCCCCCCCCCCCCCC)O[Si](C)(C)C(C)(C)C. The number of unbranched alkanes of at least 4 members (excludes halogenated alkanes) is 63. The van der Waals surface area contributed by atoms with Crippen LogP contribution in [0.4, 0.5) is 0 Å². The smallest absolute Gasteiger partial charge is 0.309 e. The highest BCUT2D eigenvalue weighted by atomic mass is 28.4. The number of rotatable bonds is 82. The molecule has 0 aromatic heterocycles. The zero-order valence-corrected chi connectivity index (χ0v) is 71.8. The fourth-order valence-corrected chi connectivity index (χ4v) is 18.4. The summed E-state index contributed by atoms with van der Waals surface area (Å²) in [5, 5.41) is 10.6. The summed E-state index contributed by atoms with van der Waals surface area (Å²) in [5.74, 6) is 1.80. The summed E-state index contributed by atoms with van der Waals surface area (Å²) in [7, 11) is -2.08. The maximum absolute atomic E-state index is 12.8. The van der Waals surface area contributed by atoms with Crippen LogP contribution in [0.2, 0.25) is 18.1 Å². The maximum atomic E-state index is 12.8. The summed E-state index contributed by atoms with van der Waals surface area (Å²) < 4.78 is 19.8. The van der Waals surface area contributed by atoms with E-state index < -0.39 is 14.3 Å². The van der Waals surface area contributed by atoms with Crippen molar-refractivity contribution >= 4 is 14.3 Å². The lowest BCUT2D eigenvalue weighted by molar-refractivity contribution is -0.199. The fraction of sp³-hybridized carbons (Fsp3) is 0.989. The van der Waals surface area contributed by atoms with E-state index in [1.54, 1.807) is 6.42 Å². The number of hydrogen-bond acceptors (Lipinski definition) is 4. The number of ether oxygens (including phenoxy) is 2. The molecule has 1 saturated heterocycles. The molecule has 1 aliphatic heterocycles. The topological polar surface area (TPSA) is 65.0 Å². The lowest BCUT2D eigenvalue weighted by atomic mass is 9.91. The van der Waals surface area contributed by atoms with Crippen LogP contribution in [-0.4, -0.2) is 44.5 Å². The number of carboxylic acid groups (broad SMARTS) is 1. The Labute approximate surface area is 637 Å². The van der Waals surface area contributed by atoms with Crippen molar-refractivity contribution in [3.63, 3.8) is 0 Å². The van der Waals surface area contributed by atoms with Gasteiger partial charge in [0.05, 0.1) is 18.1 Å². The Morgan fingerprint density at radius 3 is 0.891 bits per heavy atom. The van der Waals surface area contributed by atoms with Crippen LogP contribution >= 0.6 is 0 Å². The zero-order chi connectivity index (χ0) is 72.9. The third-order valence-corrected chi connectivity index (χ3v) is 29.9. The molecule has 0 amide bonds.